The van der Waals surface area contributed by atoms with Gasteiger partial charge in [-0.3, -0.25) is 0 Å². The SMILES string of the molecule is OC/C=C/CCCCCCCC/C=C/CO. The summed E-state index contributed by atoms with van der Waals surface area (Å²) in [6.07, 6.45) is 17.6. The van der Waals surface area contributed by atoms with Crippen molar-refractivity contribution in [3.63, 3.8) is 0 Å². The molecule has 2 N–H and O–H groups in total. The van der Waals surface area contributed by atoms with Crippen LogP contribution < -0.4 is 0 Å². The number of hydrogen-bond donors (Lipinski definition) is 2. The fourth-order valence-electron chi connectivity index (χ4n) is 1.62. The Bertz CT molecular complexity index is 154. The van der Waals surface area contributed by atoms with E-state index >= 15 is 0 Å². The Kier molecular flexibility index (Phi) is 13.9. The molecule has 0 aromatic carbocycles. The molecule has 0 saturated carbocycles. The van der Waals surface area contributed by atoms with E-state index in [1.54, 1.807) is 0 Å². The van der Waals surface area contributed by atoms with Gasteiger partial charge in [0.1, 0.15) is 0 Å². The van der Waals surface area contributed by atoms with E-state index in [0.29, 0.717) is 0 Å². The van der Waals surface area contributed by atoms with Crippen LogP contribution in [-0.2, 0) is 0 Å². The highest BCUT2D eigenvalue weighted by Gasteiger charge is 1.89. The maximum atomic E-state index is 8.52. The lowest BCUT2D eigenvalue weighted by atomic mass is 10.1. The molecular formula is C14H26O2. The van der Waals surface area contributed by atoms with Gasteiger partial charge in [0.05, 0.1) is 13.2 Å². The van der Waals surface area contributed by atoms with Crippen LogP contribution in [0.25, 0.3) is 0 Å². The molecular weight excluding hydrogens is 200 g/mol. The predicted molar refractivity (Wildman–Crippen MR) is 69.4 cm³/mol. The molecule has 0 atom stereocenters. The second-order valence-corrected chi connectivity index (χ2v) is 4.01. The fraction of sp³-hybridized carbons (Fsp3) is 0.714. The van der Waals surface area contributed by atoms with Crippen molar-refractivity contribution in [2.45, 2.75) is 51.4 Å². The molecule has 0 aliphatic heterocycles. The van der Waals surface area contributed by atoms with E-state index in [9.17, 15) is 0 Å². The van der Waals surface area contributed by atoms with Crippen molar-refractivity contribution in [2.75, 3.05) is 13.2 Å². The standard InChI is InChI=1S/C14H26O2/c15-13-11-9-7-5-3-1-2-4-6-8-10-12-14-16/h9-12,15-16H,1-8,13-14H2/b11-9+,12-10+. The highest BCUT2D eigenvalue weighted by Crippen LogP contribution is 2.09. The third kappa shape index (κ3) is 13.4. The van der Waals surface area contributed by atoms with Gasteiger partial charge in [0.15, 0.2) is 0 Å². The van der Waals surface area contributed by atoms with E-state index in [0.717, 1.165) is 12.8 Å². The highest BCUT2D eigenvalue weighted by molar-refractivity contribution is 4.81. The maximum Gasteiger partial charge on any atom is 0.0612 e. The first-order valence-corrected chi connectivity index (χ1v) is 6.43. The summed E-state index contributed by atoms with van der Waals surface area (Å²) in [6, 6.07) is 0. The second kappa shape index (κ2) is 14.4. The maximum absolute atomic E-state index is 8.52. The third-order valence-corrected chi connectivity index (χ3v) is 2.54. The lowest BCUT2D eigenvalue weighted by Gasteiger charge is -1.99. The van der Waals surface area contributed by atoms with Crippen LogP contribution in [0.1, 0.15) is 51.4 Å². The number of aliphatic hydroxyl groups is 2. The average Bonchev–Trinajstić information content (AvgIpc) is 2.31. The predicted octanol–water partition coefficient (Wildman–Crippen LogP) is 3.20. The van der Waals surface area contributed by atoms with Crippen molar-refractivity contribution in [1.82, 2.24) is 0 Å². The molecule has 0 radical (unpaired) electrons. The number of rotatable bonds is 11. The fourth-order valence-corrected chi connectivity index (χ4v) is 1.62. The number of aliphatic hydroxyl groups excluding tert-OH is 2. The smallest absolute Gasteiger partial charge is 0.0612 e. The summed E-state index contributed by atoms with van der Waals surface area (Å²) in [5.41, 5.74) is 0. The van der Waals surface area contributed by atoms with Crippen LogP contribution >= 0.6 is 0 Å². The summed E-state index contributed by atoms with van der Waals surface area (Å²) in [6.45, 7) is 0.336. The summed E-state index contributed by atoms with van der Waals surface area (Å²) < 4.78 is 0. The monoisotopic (exact) mass is 226 g/mol. The van der Waals surface area contributed by atoms with Crippen LogP contribution in [0.5, 0.6) is 0 Å². The van der Waals surface area contributed by atoms with Gasteiger partial charge in [-0.15, -0.1) is 0 Å². The Balaban J connectivity index is 2.98. The zero-order valence-corrected chi connectivity index (χ0v) is 10.3. The van der Waals surface area contributed by atoms with Crippen LogP contribution in [0.4, 0.5) is 0 Å². The summed E-state index contributed by atoms with van der Waals surface area (Å²) in [5.74, 6) is 0. The summed E-state index contributed by atoms with van der Waals surface area (Å²) in [4.78, 5) is 0. The van der Waals surface area contributed by atoms with Gasteiger partial charge in [0.25, 0.3) is 0 Å². The minimum Gasteiger partial charge on any atom is -0.392 e. The van der Waals surface area contributed by atoms with Gasteiger partial charge in [-0.1, -0.05) is 50.0 Å². The molecule has 0 amide bonds. The van der Waals surface area contributed by atoms with Gasteiger partial charge < -0.3 is 10.2 Å². The Morgan fingerprint density at radius 3 is 1.25 bits per heavy atom. The van der Waals surface area contributed by atoms with Crippen LogP contribution in [0.15, 0.2) is 24.3 Å². The Morgan fingerprint density at radius 2 is 0.875 bits per heavy atom. The Hall–Kier alpha value is -0.600. The van der Waals surface area contributed by atoms with Crippen LogP contribution in [0.3, 0.4) is 0 Å². The van der Waals surface area contributed by atoms with Crippen LogP contribution in [0, 0.1) is 0 Å². The van der Waals surface area contributed by atoms with Gasteiger partial charge in [-0.05, 0) is 25.7 Å². The van der Waals surface area contributed by atoms with E-state index in [2.05, 4.69) is 12.2 Å². The van der Waals surface area contributed by atoms with E-state index in [1.165, 1.54) is 38.5 Å². The molecule has 2 nitrogen and oxygen atoms in total. The number of unbranched alkanes of at least 4 members (excludes halogenated alkanes) is 7. The van der Waals surface area contributed by atoms with Gasteiger partial charge >= 0.3 is 0 Å². The van der Waals surface area contributed by atoms with E-state index in [4.69, 9.17) is 10.2 Å². The molecule has 0 rings (SSSR count). The van der Waals surface area contributed by atoms with Crippen molar-refractivity contribution < 1.29 is 10.2 Å². The van der Waals surface area contributed by atoms with Gasteiger partial charge in [0.2, 0.25) is 0 Å². The summed E-state index contributed by atoms with van der Waals surface area (Å²) in [7, 11) is 0. The van der Waals surface area contributed by atoms with Crippen molar-refractivity contribution in [3.8, 4) is 0 Å². The van der Waals surface area contributed by atoms with E-state index in [-0.39, 0.29) is 13.2 Å². The molecule has 0 bridgehead atoms. The first-order valence-electron chi connectivity index (χ1n) is 6.43. The normalized spacial score (nSPS) is 11.9. The lowest BCUT2D eigenvalue weighted by Crippen LogP contribution is -1.80. The Labute approximate surface area is 99.7 Å². The molecule has 2 heteroatoms. The van der Waals surface area contributed by atoms with E-state index in [1.807, 2.05) is 12.2 Å². The average molecular weight is 226 g/mol. The third-order valence-electron chi connectivity index (χ3n) is 2.54. The largest absolute Gasteiger partial charge is 0.392 e. The van der Waals surface area contributed by atoms with E-state index < -0.39 is 0 Å². The molecule has 0 fully saturated rings. The minimum atomic E-state index is 0.168. The second-order valence-electron chi connectivity index (χ2n) is 4.01. The molecule has 0 heterocycles. The molecule has 94 valence electrons. The highest BCUT2D eigenvalue weighted by atomic mass is 16.3. The summed E-state index contributed by atoms with van der Waals surface area (Å²) in [5, 5.41) is 17.0. The van der Waals surface area contributed by atoms with Crippen molar-refractivity contribution in [3.05, 3.63) is 24.3 Å². The molecule has 16 heavy (non-hydrogen) atoms. The molecule has 0 saturated heterocycles. The van der Waals surface area contributed by atoms with Gasteiger partial charge in [0, 0.05) is 0 Å². The van der Waals surface area contributed by atoms with Crippen molar-refractivity contribution >= 4 is 0 Å². The molecule has 0 spiro atoms. The van der Waals surface area contributed by atoms with Crippen molar-refractivity contribution in [1.29, 1.82) is 0 Å². The van der Waals surface area contributed by atoms with Gasteiger partial charge in [-0.2, -0.15) is 0 Å². The molecule has 0 unspecified atom stereocenters. The number of allylic oxidation sites excluding steroid dienone is 2. The quantitative estimate of drug-likeness (QED) is 0.419. The molecule has 0 aliphatic rings. The zero-order chi connectivity index (χ0) is 11.9. The molecule has 0 aromatic heterocycles. The van der Waals surface area contributed by atoms with Crippen LogP contribution in [-0.4, -0.2) is 23.4 Å². The summed E-state index contributed by atoms with van der Waals surface area (Å²) >= 11 is 0. The molecule has 0 aliphatic carbocycles. The lowest BCUT2D eigenvalue weighted by molar-refractivity contribution is 0.342. The number of hydrogen-bond acceptors (Lipinski definition) is 2. The van der Waals surface area contributed by atoms with Crippen molar-refractivity contribution in [2.24, 2.45) is 0 Å². The first kappa shape index (κ1) is 15.4. The topological polar surface area (TPSA) is 40.5 Å². The Morgan fingerprint density at radius 1 is 0.500 bits per heavy atom. The first-order chi connectivity index (χ1) is 7.91. The van der Waals surface area contributed by atoms with Crippen LogP contribution in [0.2, 0.25) is 0 Å². The minimum absolute atomic E-state index is 0.168. The zero-order valence-electron chi connectivity index (χ0n) is 10.3. The van der Waals surface area contributed by atoms with Gasteiger partial charge in [-0.25, -0.2) is 0 Å². The molecule has 0 aromatic rings.